The molecule has 0 radical (unpaired) electrons. The fraction of sp³-hybridized carbons (Fsp3) is 0.944. The third-order valence-corrected chi connectivity index (χ3v) is 4.98. The second-order valence-corrected chi connectivity index (χ2v) is 7.09. The van der Waals surface area contributed by atoms with E-state index in [4.69, 9.17) is 9.73 Å². The SMILES string of the molecule is CCNC(=NCCN(C)C1CCCC1)N(C)CCOCC1CC1. The zero-order chi connectivity index (χ0) is 16.5. The van der Waals surface area contributed by atoms with Crippen LogP contribution in [0.2, 0.25) is 0 Å². The number of nitrogens with one attached hydrogen (secondary N) is 1. The van der Waals surface area contributed by atoms with E-state index in [0.717, 1.165) is 57.3 Å². The number of ether oxygens (including phenoxy) is 1. The molecule has 5 nitrogen and oxygen atoms in total. The normalized spacial score (nSPS) is 19.6. The van der Waals surface area contributed by atoms with Gasteiger partial charge in [0.15, 0.2) is 5.96 Å². The average Bonchev–Trinajstić information content (AvgIpc) is 3.20. The van der Waals surface area contributed by atoms with Crippen molar-refractivity contribution < 1.29 is 4.74 Å². The van der Waals surface area contributed by atoms with Crippen molar-refractivity contribution >= 4 is 5.96 Å². The van der Waals surface area contributed by atoms with Crippen molar-refractivity contribution in [3.8, 4) is 0 Å². The molecule has 0 aromatic rings. The molecule has 2 saturated carbocycles. The lowest BCUT2D eigenvalue weighted by atomic mass is 10.2. The van der Waals surface area contributed by atoms with Crippen LogP contribution in [0.3, 0.4) is 0 Å². The Kier molecular flexibility index (Phi) is 8.17. The highest BCUT2D eigenvalue weighted by Gasteiger charge is 2.21. The number of rotatable bonds is 10. The van der Waals surface area contributed by atoms with Crippen LogP contribution < -0.4 is 5.32 Å². The topological polar surface area (TPSA) is 40.1 Å². The number of likely N-dealkylation sites (N-methyl/N-ethyl adjacent to an activating group) is 2. The van der Waals surface area contributed by atoms with Crippen LogP contribution >= 0.6 is 0 Å². The summed E-state index contributed by atoms with van der Waals surface area (Å²) in [7, 11) is 4.34. The maximum atomic E-state index is 5.73. The van der Waals surface area contributed by atoms with Crippen LogP contribution in [0.4, 0.5) is 0 Å². The molecule has 0 aromatic heterocycles. The predicted octanol–water partition coefficient (Wildman–Crippen LogP) is 2.18. The van der Waals surface area contributed by atoms with Gasteiger partial charge >= 0.3 is 0 Å². The first-order valence-electron chi connectivity index (χ1n) is 9.48. The van der Waals surface area contributed by atoms with Gasteiger partial charge in [0.05, 0.1) is 13.2 Å². The van der Waals surface area contributed by atoms with Crippen molar-refractivity contribution in [3.63, 3.8) is 0 Å². The van der Waals surface area contributed by atoms with Gasteiger partial charge in [0, 0.05) is 39.3 Å². The van der Waals surface area contributed by atoms with Crippen LogP contribution in [-0.2, 0) is 4.74 Å². The lowest BCUT2D eigenvalue weighted by molar-refractivity contribution is 0.115. The highest BCUT2D eigenvalue weighted by Crippen LogP contribution is 2.28. The van der Waals surface area contributed by atoms with Crippen molar-refractivity contribution in [2.45, 2.75) is 51.5 Å². The van der Waals surface area contributed by atoms with Crippen LogP contribution in [0, 0.1) is 5.92 Å². The molecular weight excluding hydrogens is 288 g/mol. The molecule has 0 aromatic carbocycles. The van der Waals surface area contributed by atoms with Crippen molar-refractivity contribution in [1.29, 1.82) is 0 Å². The highest BCUT2D eigenvalue weighted by atomic mass is 16.5. The summed E-state index contributed by atoms with van der Waals surface area (Å²) in [5.41, 5.74) is 0. The molecule has 2 rings (SSSR count). The summed E-state index contributed by atoms with van der Waals surface area (Å²) < 4.78 is 5.73. The maximum Gasteiger partial charge on any atom is 0.193 e. The Balaban J connectivity index is 1.66. The quantitative estimate of drug-likeness (QED) is 0.380. The zero-order valence-corrected chi connectivity index (χ0v) is 15.4. The average molecular weight is 325 g/mol. The minimum atomic E-state index is 0.779. The largest absolute Gasteiger partial charge is 0.379 e. The molecule has 2 aliphatic carbocycles. The molecule has 0 atom stereocenters. The Morgan fingerprint density at radius 3 is 2.52 bits per heavy atom. The van der Waals surface area contributed by atoms with Crippen molar-refractivity contribution in [3.05, 3.63) is 0 Å². The summed E-state index contributed by atoms with van der Waals surface area (Å²) in [6.45, 7) is 7.57. The summed E-state index contributed by atoms with van der Waals surface area (Å²) in [6, 6.07) is 0.779. The van der Waals surface area contributed by atoms with E-state index in [1.54, 1.807) is 0 Å². The van der Waals surface area contributed by atoms with E-state index in [9.17, 15) is 0 Å². The number of hydrogen-bond acceptors (Lipinski definition) is 3. The second kappa shape index (κ2) is 10.1. The van der Waals surface area contributed by atoms with Gasteiger partial charge in [-0.25, -0.2) is 0 Å². The number of aliphatic imine (C=N–C) groups is 1. The molecule has 134 valence electrons. The van der Waals surface area contributed by atoms with Gasteiger partial charge in [0.2, 0.25) is 0 Å². The molecule has 0 unspecified atom stereocenters. The van der Waals surface area contributed by atoms with Crippen molar-refractivity contribution in [1.82, 2.24) is 15.1 Å². The molecule has 0 amide bonds. The summed E-state index contributed by atoms with van der Waals surface area (Å²) in [5, 5.41) is 3.39. The molecule has 2 fully saturated rings. The number of guanidine groups is 1. The van der Waals surface area contributed by atoms with E-state index in [1.165, 1.54) is 38.5 Å². The van der Waals surface area contributed by atoms with E-state index in [1.807, 2.05) is 0 Å². The molecule has 2 aliphatic rings. The predicted molar refractivity (Wildman–Crippen MR) is 97.0 cm³/mol. The molecule has 0 bridgehead atoms. The van der Waals surface area contributed by atoms with Gasteiger partial charge in [-0.15, -0.1) is 0 Å². The van der Waals surface area contributed by atoms with Crippen molar-refractivity contribution in [2.75, 3.05) is 53.5 Å². The van der Waals surface area contributed by atoms with Gasteiger partial charge in [-0.2, -0.15) is 0 Å². The van der Waals surface area contributed by atoms with Gasteiger partial charge < -0.3 is 19.9 Å². The Labute approximate surface area is 142 Å². The Hall–Kier alpha value is -0.810. The van der Waals surface area contributed by atoms with E-state index in [-0.39, 0.29) is 0 Å². The van der Waals surface area contributed by atoms with E-state index in [2.05, 4.69) is 36.1 Å². The molecule has 0 aliphatic heterocycles. The van der Waals surface area contributed by atoms with Gasteiger partial charge in [-0.1, -0.05) is 12.8 Å². The number of hydrogen-bond donors (Lipinski definition) is 1. The lowest BCUT2D eigenvalue weighted by Gasteiger charge is -2.25. The minimum absolute atomic E-state index is 0.779. The lowest BCUT2D eigenvalue weighted by Crippen LogP contribution is -2.41. The van der Waals surface area contributed by atoms with E-state index < -0.39 is 0 Å². The zero-order valence-electron chi connectivity index (χ0n) is 15.4. The summed E-state index contributed by atoms with van der Waals surface area (Å²) in [4.78, 5) is 9.46. The van der Waals surface area contributed by atoms with Crippen LogP contribution in [-0.4, -0.2) is 75.3 Å². The molecule has 5 heteroatoms. The minimum Gasteiger partial charge on any atom is -0.379 e. The van der Waals surface area contributed by atoms with Gasteiger partial charge in [-0.05, 0) is 45.6 Å². The van der Waals surface area contributed by atoms with Gasteiger partial charge in [-0.3, -0.25) is 4.99 Å². The summed E-state index contributed by atoms with van der Waals surface area (Å²) in [6.07, 6.45) is 8.22. The van der Waals surface area contributed by atoms with Crippen LogP contribution in [0.5, 0.6) is 0 Å². The highest BCUT2D eigenvalue weighted by molar-refractivity contribution is 5.79. The van der Waals surface area contributed by atoms with E-state index in [0.29, 0.717) is 0 Å². The van der Waals surface area contributed by atoms with Crippen molar-refractivity contribution in [2.24, 2.45) is 10.9 Å². The smallest absolute Gasteiger partial charge is 0.193 e. The third kappa shape index (κ3) is 7.08. The fourth-order valence-electron chi connectivity index (χ4n) is 3.15. The number of nitrogens with zero attached hydrogens (tertiary/aromatic N) is 3. The fourth-order valence-corrected chi connectivity index (χ4v) is 3.15. The summed E-state index contributed by atoms with van der Waals surface area (Å²) in [5.74, 6) is 1.84. The van der Waals surface area contributed by atoms with E-state index >= 15 is 0 Å². The maximum absolute atomic E-state index is 5.73. The Morgan fingerprint density at radius 2 is 1.87 bits per heavy atom. The van der Waals surface area contributed by atoms with Crippen LogP contribution in [0.1, 0.15) is 45.4 Å². The first-order valence-corrected chi connectivity index (χ1v) is 9.48. The Bertz CT molecular complexity index is 351. The van der Waals surface area contributed by atoms with Gasteiger partial charge in [0.1, 0.15) is 0 Å². The molecule has 0 heterocycles. The third-order valence-electron chi connectivity index (χ3n) is 4.98. The molecule has 0 spiro atoms. The van der Waals surface area contributed by atoms with Crippen LogP contribution in [0.25, 0.3) is 0 Å². The van der Waals surface area contributed by atoms with Crippen LogP contribution in [0.15, 0.2) is 4.99 Å². The first-order chi connectivity index (χ1) is 11.2. The molecular formula is C18H36N4O. The summed E-state index contributed by atoms with van der Waals surface area (Å²) >= 11 is 0. The standard InChI is InChI=1S/C18H36N4O/c1-4-19-18(22(3)13-14-23-15-16-9-10-16)20-11-12-21(2)17-7-5-6-8-17/h16-17H,4-15H2,1-3H3,(H,19,20). The first kappa shape index (κ1) is 18.5. The molecule has 0 saturated heterocycles. The second-order valence-electron chi connectivity index (χ2n) is 7.09. The monoisotopic (exact) mass is 324 g/mol. The molecule has 23 heavy (non-hydrogen) atoms. The Morgan fingerprint density at radius 1 is 1.13 bits per heavy atom. The molecule has 1 N–H and O–H groups in total. The van der Waals surface area contributed by atoms with Gasteiger partial charge in [0.25, 0.3) is 0 Å².